The van der Waals surface area contributed by atoms with Gasteiger partial charge in [0.05, 0.1) is 6.20 Å². The second-order valence-corrected chi connectivity index (χ2v) is 8.01. The third-order valence-corrected chi connectivity index (χ3v) is 5.93. The molecule has 2 aliphatic rings. The van der Waals surface area contributed by atoms with Crippen LogP contribution in [0, 0.1) is 10.8 Å². The van der Waals surface area contributed by atoms with Gasteiger partial charge in [-0.3, -0.25) is 15.4 Å². The maximum Gasteiger partial charge on any atom is 0.203 e. The van der Waals surface area contributed by atoms with Crippen molar-refractivity contribution in [2.45, 2.75) is 31.4 Å². The number of rotatable bonds is 2. The number of nitrogens with zero attached hydrogens (tertiary/aromatic N) is 3. The fraction of sp³-hybridized carbons (Fsp3) is 0.455. The lowest BCUT2D eigenvalue weighted by Crippen LogP contribution is -2.42. The summed E-state index contributed by atoms with van der Waals surface area (Å²) in [5.74, 6) is 1.01. The Morgan fingerprint density at radius 3 is 2.66 bits per heavy atom. The molecule has 2 heterocycles. The van der Waals surface area contributed by atoms with Crippen LogP contribution >= 0.6 is 0 Å². The van der Waals surface area contributed by atoms with Gasteiger partial charge in [0.25, 0.3) is 0 Å². The third kappa shape index (κ3) is 4.21. The summed E-state index contributed by atoms with van der Waals surface area (Å²) in [6.45, 7) is 3.58. The third-order valence-electron chi connectivity index (χ3n) is 5.93. The van der Waals surface area contributed by atoms with Gasteiger partial charge in [0.1, 0.15) is 17.3 Å². The van der Waals surface area contributed by atoms with Crippen LogP contribution in [-0.4, -0.2) is 53.6 Å². The first-order valence-corrected chi connectivity index (χ1v) is 10.3. The number of hydrogen-bond donors (Lipinski definition) is 3. The summed E-state index contributed by atoms with van der Waals surface area (Å²) < 4.78 is 7.93. The highest BCUT2D eigenvalue weighted by Crippen LogP contribution is 2.37. The SMILES string of the molecule is CN1CCCN(C(=N)n2cc(OC3CCC(N)c4ccccc43)ccc2=N)CC1. The Balaban J connectivity index is 1.55. The molecular weight excluding hydrogens is 364 g/mol. The number of benzene rings is 1. The normalized spacial score (nSPS) is 22.6. The number of likely N-dealkylation sites (N-methyl/N-ethyl adjacent to an activating group) is 1. The molecule has 4 N–H and O–H groups in total. The predicted octanol–water partition coefficient (Wildman–Crippen LogP) is 2.30. The molecule has 1 aliphatic heterocycles. The summed E-state index contributed by atoms with van der Waals surface area (Å²) in [5.41, 5.74) is 8.84. The maximum atomic E-state index is 8.67. The van der Waals surface area contributed by atoms with Gasteiger partial charge >= 0.3 is 0 Å². The smallest absolute Gasteiger partial charge is 0.203 e. The van der Waals surface area contributed by atoms with E-state index in [2.05, 4.69) is 24.1 Å². The molecule has 1 aromatic heterocycles. The summed E-state index contributed by atoms with van der Waals surface area (Å²) >= 11 is 0. The minimum atomic E-state index is -0.0583. The molecular formula is C22H30N6O. The predicted molar refractivity (Wildman–Crippen MR) is 113 cm³/mol. The Hall–Kier alpha value is -2.64. The molecule has 0 saturated carbocycles. The first-order valence-electron chi connectivity index (χ1n) is 10.3. The van der Waals surface area contributed by atoms with Gasteiger partial charge in [-0.1, -0.05) is 24.3 Å². The van der Waals surface area contributed by atoms with Crippen molar-refractivity contribution in [3.63, 3.8) is 0 Å². The van der Waals surface area contributed by atoms with Gasteiger partial charge in [0, 0.05) is 25.7 Å². The second kappa shape index (κ2) is 8.39. The van der Waals surface area contributed by atoms with Gasteiger partial charge in [0.2, 0.25) is 5.96 Å². The lowest BCUT2D eigenvalue weighted by atomic mass is 9.86. The van der Waals surface area contributed by atoms with E-state index in [-0.39, 0.29) is 17.6 Å². The van der Waals surface area contributed by atoms with Crippen molar-refractivity contribution < 1.29 is 4.74 Å². The average Bonchev–Trinajstić information content (AvgIpc) is 2.95. The topological polar surface area (TPSA) is 94.4 Å². The Labute approximate surface area is 171 Å². The van der Waals surface area contributed by atoms with Crippen molar-refractivity contribution in [2.75, 3.05) is 33.2 Å². The zero-order valence-electron chi connectivity index (χ0n) is 17.0. The molecule has 29 heavy (non-hydrogen) atoms. The molecule has 1 fully saturated rings. The largest absolute Gasteiger partial charge is 0.484 e. The van der Waals surface area contributed by atoms with Crippen molar-refractivity contribution in [1.29, 1.82) is 10.8 Å². The van der Waals surface area contributed by atoms with Gasteiger partial charge in [-0.15, -0.1) is 0 Å². The van der Waals surface area contributed by atoms with Crippen molar-refractivity contribution >= 4 is 5.96 Å². The Bertz CT molecular complexity index is 939. The zero-order chi connectivity index (χ0) is 20.4. The molecule has 2 atom stereocenters. The zero-order valence-corrected chi connectivity index (χ0v) is 17.0. The van der Waals surface area contributed by atoms with Gasteiger partial charge < -0.3 is 20.3 Å². The fourth-order valence-electron chi connectivity index (χ4n) is 4.21. The minimum absolute atomic E-state index is 0.0564. The number of pyridine rings is 1. The number of nitrogens with two attached hydrogens (primary N) is 1. The number of nitrogens with one attached hydrogen (secondary N) is 2. The second-order valence-electron chi connectivity index (χ2n) is 8.01. The molecule has 0 radical (unpaired) electrons. The standard InChI is InChI=1S/C22H30N6O/c1-26-11-4-12-27(14-13-26)22(25)28-15-16(7-10-21(28)24)29-20-9-8-19(23)17-5-2-3-6-18(17)20/h2-3,5-7,10,15,19-20,24-25H,4,8-9,11-14,23H2,1H3. The van der Waals surface area contributed by atoms with E-state index in [0.717, 1.165) is 56.6 Å². The van der Waals surface area contributed by atoms with Crippen LogP contribution in [0.1, 0.15) is 42.5 Å². The summed E-state index contributed by atoms with van der Waals surface area (Å²) in [7, 11) is 2.11. The van der Waals surface area contributed by atoms with E-state index >= 15 is 0 Å². The number of ether oxygens (including phenoxy) is 1. The minimum Gasteiger partial charge on any atom is -0.484 e. The molecule has 7 nitrogen and oxygen atoms in total. The van der Waals surface area contributed by atoms with E-state index < -0.39 is 0 Å². The Kier molecular flexibility index (Phi) is 5.69. The first-order chi connectivity index (χ1) is 14.0. The summed E-state index contributed by atoms with van der Waals surface area (Å²) in [6.07, 6.45) is 4.47. The van der Waals surface area contributed by atoms with Crippen molar-refractivity contribution in [1.82, 2.24) is 14.4 Å². The van der Waals surface area contributed by atoms with Gasteiger partial charge in [0.15, 0.2) is 0 Å². The van der Waals surface area contributed by atoms with E-state index in [9.17, 15) is 0 Å². The molecule has 154 valence electrons. The number of fused-ring (bicyclic) bond motifs is 1. The van der Waals surface area contributed by atoms with Gasteiger partial charge in [-0.25, -0.2) is 0 Å². The van der Waals surface area contributed by atoms with Crippen molar-refractivity contribution in [3.8, 4) is 5.75 Å². The highest BCUT2D eigenvalue weighted by Gasteiger charge is 2.26. The van der Waals surface area contributed by atoms with Gasteiger partial charge in [-0.05, 0) is 56.1 Å². The molecule has 1 saturated heterocycles. The van der Waals surface area contributed by atoms with Crippen LogP contribution in [0.15, 0.2) is 42.6 Å². The van der Waals surface area contributed by atoms with Crippen molar-refractivity contribution in [2.24, 2.45) is 5.73 Å². The van der Waals surface area contributed by atoms with E-state index in [1.165, 1.54) is 0 Å². The first kappa shape index (κ1) is 19.7. The van der Waals surface area contributed by atoms with Crippen LogP contribution in [0.5, 0.6) is 5.75 Å². The summed E-state index contributed by atoms with van der Waals surface area (Å²) in [5, 5.41) is 17.0. The molecule has 0 bridgehead atoms. The Morgan fingerprint density at radius 2 is 1.83 bits per heavy atom. The highest BCUT2D eigenvalue weighted by atomic mass is 16.5. The van der Waals surface area contributed by atoms with Crippen molar-refractivity contribution in [3.05, 3.63) is 59.2 Å². The van der Waals surface area contributed by atoms with Crippen LogP contribution < -0.4 is 16.0 Å². The molecule has 2 unspecified atom stereocenters. The quantitative estimate of drug-likeness (QED) is 0.538. The molecule has 2 aromatic rings. The van der Waals surface area contributed by atoms with E-state index in [4.69, 9.17) is 21.3 Å². The van der Waals surface area contributed by atoms with Crippen LogP contribution in [0.25, 0.3) is 0 Å². The molecule has 1 aliphatic carbocycles. The van der Waals surface area contributed by atoms with E-state index in [1.807, 2.05) is 23.1 Å². The molecule has 7 heteroatoms. The summed E-state index contributed by atoms with van der Waals surface area (Å²) in [6, 6.07) is 11.8. The monoisotopic (exact) mass is 394 g/mol. The summed E-state index contributed by atoms with van der Waals surface area (Å²) in [4.78, 5) is 4.32. The molecule has 1 aromatic carbocycles. The molecule has 0 spiro atoms. The van der Waals surface area contributed by atoms with Crippen LogP contribution in [-0.2, 0) is 0 Å². The van der Waals surface area contributed by atoms with Crippen LogP contribution in [0.3, 0.4) is 0 Å². The van der Waals surface area contributed by atoms with Crippen LogP contribution in [0.4, 0.5) is 0 Å². The highest BCUT2D eigenvalue weighted by molar-refractivity contribution is 5.79. The van der Waals surface area contributed by atoms with Gasteiger partial charge in [-0.2, -0.15) is 0 Å². The molecule has 4 rings (SSSR count). The number of hydrogen-bond acceptors (Lipinski definition) is 5. The average molecular weight is 395 g/mol. The van der Waals surface area contributed by atoms with Crippen LogP contribution in [0.2, 0.25) is 0 Å². The Morgan fingerprint density at radius 1 is 1.03 bits per heavy atom. The fourth-order valence-corrected chi connectivity index (χ4v) is 4.21. The lowest BCUT2D eigenvalue weighted by molar-refractivity contribution is 0.176. The lowest BCUT2D eigenvalue weighted by Gasteiger charge is -2.30. The maximum absolute atomic E-state index is 8.67. The van der Waals surface area contributed by atoms with E-state index in [1.54, 1.807) is 16.8 Å². The molecule has 0 amide bonds. The number of aromatic nitrogens is 1. The van der Waals surface area contributed by atoms with E-state index in [0.29, 0.717) is 11.7 Å².